The van der Waals surface area contributed by atoms with Crippen molar-refractivity contribution >= 4 is 26.8 Å². The molecule has 124 valence electrons. The molecule has 24 heavy (non-hydrogen) atoms. The number of fused-ring (bicyclic) bond motifs is 1. The number of imidazole rings is 1. The van der Waals surface area contributed by atoms with E-state index in [2.05, 4.69) is 4.98 Å². The van der Waals surface area contributed by atoms with Crippen molar-refractivity contribution in [2.45, 2.75) is 11.4 Å². The van der Waals surface area contributed by atoms with Gasteiger partial charge in [-0.25, -0.2) is 18.5 Å². The number of hydrogen-bond donors (Lipinski definition) is 1. The minimum absolute atomic E-state index is 0.0255. The van der Waals surface area contributed by atoms with Crippen LogP contribution in [0, 0.1) is 0 Å². The van der Waals surface area contributed by atoms with E-state index in [1.54, 1.807) is 42.3 Å². The number of nitrogens with two attached hydrogens (primary N) is 1. The Labute approximate surface area is 138 Å². The van der Waals surface area contributed by atoms with Crippen molar-refractivity contribution in [3.05, 3.63) is 54.4 Å². The molecule has 0 atom stereocenters. The first-order chi connectivity index (χ1) is 11.4. The third-order valence-electron chi connectivity index (χ3n) is 3.63. The van der Waals surface area contributed by atoms with Crippen LogP contribution < -0.4 is 9.88 Å². The Morgan fingerprint density at radius 3 is 2.75 bits per heavy atom. The first kappa shape index (κ1) is 16.2. The molecule has 1 aromatic heterocycles. The molecule has 0 unspecified atom stereocenters. The molecule has 2 aromatic carbocycles. The number of ketones is 1. The number of carbonyl (C=O) groups excluding carboxylic acids is 1. The third kappa shape index (κ3) is 3.15. The second-order valence-electron chi connectivity index (χ2n) is 5.22. The number of Topliss-reactive ketones (excluding diaryl/α,β-unsaturated/α-hetero) is 1. The lowest BCUT2D eigenvalue weighted by molar-refractivity contribution is 0.0973. The molecule has 8 heteroatoms. The monoisotopic (exact) mass is 345 g/mol. The molecule has 0 amide bonds. The summed E-state index contributed by atoms with van der Waals surface area (Å²) in [5, 5.41) is 5.10. The first-order valence-electron chi connectivity index (χ1n) is 7.03. The predicted molar refractivity (Wildman–Crippen MR) is 88.4 cm³/mol. The van der Waals surface area contributed by atoms with Crippen LogP contribution in [0.5, 0.6) is 5.75 Å². The zero-order valence-electron chi connectivity index (χ0n) is 12.8. The van der Waals surface area contributed by atoms with Crippen molar-refractivity contribution in [3.63, 3.8) is 0 Å². The average molecular weight is 345 g/mol. The fourth-order valence-electron chi connectivity index (χ4n) is 2.38. The molecule has 0 fully saturated rings. The number of methoxy groups -OCH3 is 1. The van der Waals surface area contributed by atoms with Crippen LogP contribution in [-0.2, 0) is 16.6 Å². The van der Waals surface area contributed by atoms with Crippen LogP contribution in [0.3, 0.4) is 0 Å². The number of primary sulfonamides is 1. The molecule has 1 heterocycles. The minimum atomic E-state index is -3.85. The molecule has 2 N–H and O–H groups in total. The van der Waals surface area contributed by atoms with Gasteiger partial charge in [-0.05, 0) is 24.3 Å². The summed E-state index contributed by atoms with van der Waals surface area (Å²) in [7, 11) is -2.29. The van der Waals surface area contributed by atoms with Crippen LogP contribution in [0.1, 0.15) is 10.4 Å². The van der Waals surface area contributed by atoms with E-state index in [9.17, 15) is 13.2 Å². The van der Waals surface area contributed by atoms with E-state index in [1.807, 2.05) is 0 Å². The Morgan fingerprint density at radius 2 is 2.04 bits per heavy atom. The van der Waals surface area contributed by atoms with Gasteiger partial charge in [-0.1, -0.05) is 12.1 Å². The maximum atomic E-state index is 12.5. The normalized spacial score (nSPS) is 11.6. The van der Waals surface area contributed by atoms with Gasteiger partial charge < -0.3 is 9.30 Å². The molecule has 0 bridgehead atoms. The van der Waals surface area contributed by atoms with Crippen LogP contribution in [0.25, 0.3) is 11.0 Å². The van der Waals surface area contributed by atoms with Crippen LogP contribution in [-0.4, -0.2) is 30.9 Å². The molecule has 0 aliphatic heterocycles. The van der Waals surface area contributed by atoms with Gasteiger partial charge in [0.05, 0.1) is 35.9 Å². The van der Waals surface area contributed by atoms with E-state index in [0.717, 1.165) is 11.0 Å². The largest absolute Gasteiger partial charge is 0.497 e. The Kier molecular flexibility index (Phi) is 4.08. The third-order valence-corrected chi connectivity index (χ3v) is 4.54. The molecule has 3 rings (SSSR count). The van der Waals surface area contributed by atoms with E-state index < -0.39 is 10.0 Å². The van der Waals surface area contributed by atoms with Gasteiger partial charge in [0.2, 0.25) is 10.0 Å². The van der Waals surface area contributed by atoms with E-state index in [-0.39, 0.29) is 22.8 Å². The summed E-state index contributed by atoms with van der Waals surface area (Å²) in [5.74, 6) is 0.413. The predicted octanol–water partition coefficient (Wildman–Crippen LogP) is 1.58. The maximum Gasteiger partial charge on any atom is 0.238 e. The summed E-state index contributed by atoms with van der Waals surface area (Å²) in [6, 6.07) is 11.0. The Hall–Kier alpha value is -2.71. The molecular weight excluding hydrogens is 330 g/mol. The van der Waals surface area contributed by atoms with Crippen LogP contribution in [0.4, 0.5) is 0 Å². The van der Waals surface area contributed by atoms with Crippen LogP contribution >= 0.6 is 0 Å². The quantitative estimate of drug-likeness (QED) is 0.707. The summed E-state index contributed by atoms with van der Waals surface area (Å²) in [5.41, 5.74) is 1.76. The second-order valence-corrected chi connectivity index (χ2v) is 6.78. The fraction of sp³-hybridized carbons (Fsp3) is 0.125. The molecule has 0 spiro atoms. The van der Waals surface area contributed by atoms with Crippen molar-refractivity contribution in [3.8, 4) is 5.75 Å². The van der Waals surface area contributed by atoms with Crippen molar-refractivity contribution in [2.24, 2.45) is 5.14 Å². The zero-order valence-corrected chi connectivity index (χ0v) is 13.7. The summed E-state index contributed by atoms with van der Waals surface area (Å²) in [4.78, 5) is 16.6. The van der Waals surface area contributed by atoms with E-state index in [1.165, 1.54) is 18.2 Å². The van der Waals surface area contributed by atoms with Gasteiger partial charge in [-0.3, -0.25) is 4.79 Å². The Balaban J connectivity index is 1.93. The fourth-order valence-corrected chi connectivity index (χ4v) is 2.94. The van der Waals surface area contributed by atoms with Gasteiger partial charge in [0.25, 0.3) is 0 Å². The smallest absolute Gasteiger partial charge is 0.238 e. The van der Waals surface area contributed by atoms with E-state index in [4.69, 9.17) is 9.88 Å². The van der Waals surface area contributed by atoms with Gasteiger partial charge in [-0.15, -0.1) is 0 Å². The molecule has 0 saturated carbocycles. The first-order valence-corrected chi connectivity index (χ1v) is 8.58. The summed E-state index contributed by atoms with van der Waals surface area (Å²) < 4.78 is 29.7. The lowest BCUT2D eigenvalue weighted by atomic mass is 10.1. The second kappa shape index (κ2) is 6.06. The average Bonchev–Trinajstić information content (AvgIpc) is 2.96. The highest BCUT2D eigenvalue weighted by Crippen LogP contribution is 2.20. The summed E-state index contributed by atoms with van der Waals surface area (Å²) >= 11 is 0. The van der Waals surface area contributed by atoms with E-state index in [0.29, 0.717) is 5.75 Å². The van der Waals surface area contributed by atoms with Crippen LogP contribution in [0.15, 0.2) is 53.7 Å². The van der Waals surface area contributed by atoms with Crippen molar-refractivity contribution in [1.82, 2.24) is 9.55 Å². The highest BCUT2D eigenvalue weighted by molar-refractivity contribution is 7.89. The van der Waals surface area contributed by atoms with Gasteiger partial charge in [0.1, 0.15) is 5.75 Å². The Morgan fingerprint density at radius 1 is 1.25 bits per heavy atom. The number of ether oxygens (including phenoxy) is 1. The van der Waals surface area contributed by atoms with E-state index >= 15 is 0 Å². The molecular formula is C16H15N3O4S. The van der Waals surface area contributed by atoms with Crippen LogP contribution in [0.2, 0.25) is 0 Å². The molecule has 0 aliphatic carbocycles. The highest BCUT2D eigenvalue weighted by atomic mass is 32.2. The number of rotatable bonds is 5. The molecule has 0 saturated heterocycles. The van der Waals surface area contributed by atoms with Crippen molar-refractivity contribution < 1.29 is 17.9 Å². The molecule has 0 aliphatic rings. The number of sulfonamides is 1. The van der Waals surface area contributed by atoms with Gasteiger partial charge in [0.15, 0.2) is 5.78 Å². The Bertz CT molecular complexity index is 1020. The maximum absolute atomic E-state index is 12.5. The lowest BCUT2D eigenvalue weighted by Crippen LogP contribution is -2.14. The van der Waals surface area contributed by atoms with Gasteiger partial charge >= 0.3 is 0 Å². The number of hydrogen-bond acceptors (Lipinski definition) is 5. The lowest BCUT2D eigenvalue weighted by Gasteiger charge is -2.06. The van der Waals surface area contributed by atoms with Gasteiger partial charge in [-0.2, -0.15) is 0 Å². The number of carbonyl (C=O) groups is 1. The number of benzene rings is 2. The molecule has 3 aromatic rings. The number of nitrogens with zero attached hydrogens (tertiary/aromatic N) is 2. The van der Waals surface area contributed by atoms with Gasteiger partial charge in [0, 0.05) is 11.6 Å². The summed E-state index contributed by atoms with van der Waals surface area (Å²) in [6.07, 6.45) is 1.56. The highest BCUT2D eigenvalue weighted by Gasteiger charge is 2.14. The molecule has 0 radical (unpaired) electrons. The standard InChI is InChI=1S/C16H15N3O4S/c1-23-12-5-6-14-15(8-12)19(10-18-14)9-16(20)11-3-2-4-13(7-11)24(17,21)22/h2-8,10H,9H2,1H3,(H2,17,21,22). The van der Waals surface area contributed by atoms with Crippen molar-refractivity contribution in [1.29, 1.82) is 0 Å². The SMILES string of the molecule is COc1ccc2ncn(CC(=O)c3cccc(S(N)(=O)=O)c3)c2c1. The van der Waals surface area contributed by atoms with Crippen molar-refractivity contribution in [2.75, 3.05) is 7.11 Å². The topological polar surface area (TPSA) is 104 Å². The molecule has 7 nitrogen and oxygen atoms in total. The minimum Gasteiger partial charge on any atom is -0.497 e. The summed E-state index contributed by atoms with van der Waals surface area (Å²) in [6.45, 7) is 0.0255. The number of aromatic nitrogens is 2. The zero-order chi connectivity index (χ0) is 17.3.